The highest BCUT2D eigenvalue weighted by Gasteiger charge is 2.26. The molecule has 3 aromatic heterocycles. The van der Waals surface area contributed by atoms with Crippen LogP contribution in [0.4, 0.5) is 5.82 Å². The first-order valence-electron chi connectivity index (χ1n) is 13.1. The lowest BCUT2D eigenvalue weighted by Gasteiger charge is -2.22. The minimum atomic E-state index is 0.404. The van der Waals surface area contributed by atoms with E-state index in [4.69, 9.17) is 15.7 Å². The van der Waals surface area contributed by atoms with Gasteiger partial charge in [0.2, 0.25) is 0 Å². The number of alkyl halides is 1. The smallest absolute Gasteiger partial charge is 0.163 e. The zero-order chi connectivity index (χ0) is 24.5. The molecular formula is C27H33BrN8. The van der Waals surface area contributed by atoms with Gasteiger partial charge in [-0.3, -0.25) is 4.68 Å². The molecule has 0 unspecified atom stereocenters. The molecule has 0 amide bonds. The fourth-order valence-electron chi connectivity index (χ4n) is 4.72. The second-order valence-electron chi connectivity index (χ2n) is 10.3. The van der Waals surface area contributed by atoms with Crippen LogP contribution in [0.2, 0.25) is 0 Å². The van der Waals surface area contributed by atoms with Gasteiger partial charge < -0.3 is 15.6 Å². The average Bonchev–Trinajstić information content (AvgIpc) is 3.85. The van der Waals surface area contributed by atoms with Crippen LogP contribution in [0.5, 0.6) is 0 Å². The monoisotopic (exact) mass is 548 g/mol. The van der Waals surface area contributed by atoms with E-state index in [0.29, 0.717) is 23.5 Å². The molecule has 0 bridgehead atoms. The van der Waals surface area contributed by atoms with Gasteiger partial charge in [-0.15, -0.1) is 0 Å². The molecular weight excluding hydrogens is 516 g/mol. The van der Waals surface area contributed by atoms with Crippen LogP contribution in [-0.4, -0.2) is 47.7 Å². The van der Waals surface area contributed by atoms with Crippen LogP contribution in [0.1, 0.15) is 44.6 Å². The van der Waals surface area contributed by atoms with Crippen molar-refractivity contribution in [3.8, 4) is 22.8 Å². The van der Waals surface area contributed by atoms with Gasteiger partial charge in [0.1, 0.15) is 5.69 Å². The number of halogens is 1. The van der Waals surface area contributed by atoms with Crippen molar-refractivity contribution in [1.82, 2.24) is 34.6 Å². The highest BCUT2D eigenvalue weighted by molar-refractivity contribution is 9.09. The van der Waals surface area contributed by atoms with Gasteiger partial charge in [-0.05, 0) is 75.6 Å². The number of nitrogens with zero attached hydrogens (tertiary/aromatic N) is 6. The number of benzene rings is 1. The Morgan fingerprint density at radius 1 is 0.972 bits per heavy atom. The lowest BCUT2D eigenvalue weighted by Crippen LogP contribution is -2.29. The molecule has 0 atom stereocenters. The number of anilines is 1. The molecule has 4 heterocycles. The van der Waals surface area contributed by atoms with Crippen LogP contribution < -0.4 is 11.1 Å². The fraction of sp³-hybridized carbons (Fsp3) is 0.481. The summed E-state index contributed by atoms with van der Waals surface area (Å²) in [6.45, 7) is 3.00. The van der Waals surface area contributed by atoms with Crippen molar-refractivity contribution in [2.45, 2.75) is 51.1 Å². The summed E-state index contributed by atoms with van der Waals surface area (Å²) in [6, 6.07) is 8.65. The number of imidazole rings is 1. The Labute approximate surface area is 219 Å². The Balaban J connectivity index is 0.000000431. The third-order valence-electron chi connectivity index (χ3n) is 7.30. The van der Waals surface area contributed by atoms with Gasteiger partial charge in [-0.1, -0.05) is 28.1 Å². The van der Waals surface area contributed by atoms with E-state index < -0.39 is 0 Å². The maximum Gasteiger partial charge on any atom is 0.163 e. The van der Waals surface area contributed by atoms with E-state index >= 15 is 0 Å². The number of rotatable bonds is 6. The SMILES string of the molecule is BrCC1CC1.Nc1ncc(-c2cnn(C3CCNCC3)c2)nc1-c1nc2ccccc2n1CC1CC1. The quantitative estimate of drug-likeness (QED) is 0.326. The molecule has 3 N–H and O–H groups in total. The normalized spacial score (nSPS) is 18.2. The van der Waals surface area contributed by atoms with Crippen molar-refractivity contribution in [2.75, 3.05) is 24.2 Å². The Morgan fingerprint density at radius 2 is 1.75 bits per heavy atom. The minimum Gasteiger partial charge on any atom is -0.382 e. The number of hydrogen-bond donors (Lipinski definition) is 2. The molecule has 188 valence electrons. The molecule has 7 rings (SSSR count). The molecule has 1 saturated heterocycles. The number of piperidine rings is 1. The van der Waals surface area contributed by atoms with Gasteiger partial charge in [-0.2, -0.15) is 5.10 Å². The summed E-state index contributed by atoms with van der Waals surface area (Å²) >= 11 is 3.38. The lowest BCUT2D eigenvalue weighted by atomic mass is 10.1. The van der Waals surface area contributed by atoms with Gasteiger partial charge in [-0.25, -0.2) is 15.0 Å². The molecule has 36 heavy (non-hydrogen) atoms. The first-order chi connectivity index (χ1) is 17.7. The van der Waals surface area contributed by atoms with Crippen molar-refractivity contribution in [3.05, 3.63) is 42.9 Å². The van der Waals surface area contributed by atoms with Gasteiger partial charge in [0, 0.05) is 23.6 Å². The summed E-state index contributed by atoms with van der Waals surface area (Å²) in [7, 11) is 0. The molecule has 2 aliphatic carbocycles. The first kappa shape index (κ1) is 23.6. The zero-order valence-electron chi connectivity index (χ0n) is 20.5. The third-order valence-corrected chi connectivity index (χ3v) is 8.22. The van der Waals surface area contributed by atoms with Crippen molar-refractivity contribution >= 4 is 32.8 Å². The standard InChI is InChI=1S/C23H26N8.C4H7Br/c24-22-21(23-29-18-3-1-2-4-20(18)30(23)13-15-5-6-15)28-19(12-26-22)16-11-27-31(14-16)17-7-9-25-10-8-17;5-3-4-1-2-4/h1-4,11-12,14-15,17,25H,5-10,13H2,(H2,24,26);4H,1-3H2. The van der Waals surface area contributed by atoms with E-state index in [1.165, 1.54) is 31.0 Å². The van der Waals surface area contributed by atoms with Crippen LogP contribution in [0.15, 0.2) is 42.9 Å². The molecule has 1 aromatic carbocycles. The summed E-state index contributed by atoms with van der Waals surface area (Å²) in [5.74, 6) is 2.96. The first-order valence-corrected chi connectivity index (χ1v) is 14.2. The minimum absolute atomic E-state index is 0.404. The summed E-state index contributed by atoms with van der Waals surface area (Å²) in [5, 5.41) is 9.24. The Kier molecular flexibility index (Phi) is 6.75. The molecule has 1 aliphatic heterocycles. The molecule has 0 radical (unpaired) electrons. The van der Waals surface area contributed by atoms with E-state index in [2.05, 4.69) is 58.9 Å². The Bertz CT molecular complexity index is 1330. The summed E-state index contributed by atoms with van der Waals surface area (Å²) in [4.78, 5) is 14.3. The molecule has 8 nitrogen and oxygen atoms in total. The van der Waals surface area contributed by atoms with Gasteiger partial charge in [0.05, 0.1) is 35.2 Å². The number of nitrogens with one attached hydrogen (secondary N) is 1. The highest BCUT2D eigenvalue weighted by atomic mass is 79.9. The molecule has 0 spiro atoms. The predicted molar refractivity (Wildman–Crippen MR) is 147 cm³/mol. The molecule has 3 fully saturated rings. The Morgan fingerprint density at radius 3 is 2.47 bits per heavy atom. The average molecular weight is 550 g/mol. The van der Waals surface area contributed by atoms with Crippen LogP contribution >= 0.6 is 15.9 Å². The van der Waals surface area contributed by atoms with E-state index in [0.717, 1.165) is 66.5 Å². The topological polar surface area (TPSA) is 99.5 Å². The van der Waals surface area contributed by atoms with E-state index in [1.807, 2.05) is 18.3 Å². The molecule has 3 aliphatic rings. The van der Waals surface area contributed by atoms with Crippen LogP contribution in [0.3, 0.4) is 0 Å². The summed E-state index contributed by atoms with van der Waals surface area (Å²) < 4.78 is 4.33. The number of hydrogen-bond acceptors (Lipinski definition) is 6. The van der Waals surface area contributed by atoms with E-state index in [1.54, 1.807) is 6.20 Å². The maximum atomic E-state index is 6.30. The number of nitrogens with two attached hydrogens (primary N) is 1. The summed E-state index contributed by atoms with van der Waals surface area (Å²) in [5.41, 5.74) is 10.8. The largest absolute Gasteiger partial charge is 0.382 e. The van der Waals surface area contributed by atoms with Crippen molar-refractivity contribution in [2.24, 2.45) is 11.8 Å². The fourth-order valence-corrected chi connectivity index (χ4v) is 5.36. The van der Waals surface area contributed by atoms with E-state index in [-0.39, 0.29) is 0 Å². The third kappa shape index (κ3) is 5.18. The second-order valence-corrected chi connectivity index (χ2v) is 10.9. The second kappa shape index (κ2) is 10.3. The van der Waals surface area contributed by atoms with Gasteiger partial charge in [0.15, 0.2) is 11.6 Å². The molecule has 2 saturated carbocycles. The summed E-state index contributed by atoms with van der Waals surface area (Å²) in [6.07, 6.45) is 13.3. The maximum absolute atomic E-state index is 6.30. The van der Waals surface area contributed by atoms with Crippen molar-refractivity contribution in [1.29, 1.82) is 0 Å². The van der Waals surface area contributed by atoms with Crippen LogP contribution in [0.25, 0.3) is 33.8 Å². The zero-order valence-corrected chi connectivity index (χ0v) is 22.1. The van der Waals surface area contributed by atoms with Crippen molar-refractivity contribution in [3.63, 3.8) is 0 Å². The molecule has 4 aromatic rings. The Hall–Kier alpha value is -2.78. The van der Waals surface area contributed by atoms with Gasteiger partial charge in [0.25, 0.3) is 0 Å². The van der Waals surface area contributed by atoms with Crippen LogP contribution in [0, 0.1) is 11.8 Å². The number of nitrogen functional groups attached to an aromatic ring is 1. The number of fused-ring (bicyclic) bond motifs is 1. The number of para-hydroxylation sites is 2. The van der Waals surface area contributed by atoms with Gasteiger partial charge >= 0.3 is 0 Å². The van der Waals surface area contributed by atoms with E-state index in [9.17, 15) is 0 Å². The van der Waals surface area contributed by atoms with Crippen molar-refractivity contribution < 1.29 is 0 Å². The highest BCUT2D eigenvalue weighted by Crippen LogP contribution is 2.35. The molecule has 9 heteroatoms. The van der Waals surface area contributed by atoms with Crippen LogP contribution in [-0.2, 0) is 6.54 Å². The predicted octanol–water partition coefficient (Wildman–Crippen LogP) is 5.06. The number of aromatic nitrogens is 6. The lowest BCUT2D eigenvalue weighted by molar-refractivity contribution is 0.343.